The van der Waals surface area contributed by atoms with Crippen molar-refractivity contribution in [3.63, 3.8) is 0 Å². The molecule has 2 aliphatic heterocycles. The first-order valence-corrected chi connectivity index (χ1v) is 12.4. The first-order chi connectivity index (χ1) is 17.7. The number of carbonyl (C=O) groups excluding carboxylic acids is 1. The minimum atomic E-state index is -4.36. The van der Waals surface area contributed by atoms with E-state index in [0.29, 0.717) is 17.1 Å². The Kier molecular flexibility index (Phi) is 6.91. The minimum absolute atomic E-state index is 0.0493. The Labute approximate surface area is 212 Å². The van der Waals surface area contributed by atoms with Gasteiger partial charge in [0.15, 0.2) is 5.69 Å². The number of hydrogen-bond donors (Lipinski definition) is 4. The van der Waals surface area contributed by atoms with Crippen molar-refractivity contribution in [3.8, 4) is 0 Å². The molecular formula is C26H30F3N7O. The number of hydrogen-bond acceptors (Lipinski definition) is 7. The van der Waals surface area contributed by atoms with Crippen LogP contribution in [0.25, 0.3) is 10.9 Å². The van der Waals surface area contributed by atoms with Gasteiger partial charge < -0.3 is 27.0 Å². The van der Waals surface area contributed by atoms with Gasteiger partial charge in [-0.15, -0.1) is 0 Å². The molecule has 3 aromatic rings. The fourth-order valence-corrected chi connectivity index (χ4v) is 5.30. The van der Waals surface area contributed by atoms with Crippen LogP contribution in [-0.4, -0.2) is 54.3 Å². The number of halogens is 3. The summed E-state index contributed by atoms with van der Waals surface area (Å²) in [7, 11) is 0. The maximum Gasteiger partial charge on any atom is 0.393 e. The van der Waals surface area contributed by atoms with Crippen LogP contribution in [0.15, 0.2) is 42.7 Å². The molecule has 0 spiro atoms. The van der Waals surface area contributed by atoms with E-state index >= 15 is 0 Å². The molecule has 0 unspecified atom stereocenters. The van der Waals surface area contributed by atoms with Gasteiger partial charge in [-0.2, -0.15) is 13.2 Å². The van der Waals surface area contributed by atoms with Crippen LogP contribution in [-0.2, 0) is 0 Å². The average Bonchev–Trinajstić information content (AvgIpc) is 2.88. The molecule has 196 valence electrons. The van der Waals surface area contributed by atoms with E-state index in [1.165, 1.54) is 18.0 Å². The highest BCUT2D eigenvalue weighted by molar-refractivity contribution is 6.09. The number of nitrogens with two attached hydrogens (primary N) is 2. The molecule has 37 heavy (non-hydrogen) atoms. The van der Waals surface area contributed by atoms with Crippen molar-refractivity contribution in [2.75, 3.05) is 42.1 Å². The van der Waals surface area contributed by atoms with Crippen LogP contribution < -0.4 is 27.0 Å². The van der Waals surface area contributed by atoms with Gasteiger partial charge in [-0.25, -0.2) is 4.98 Å². The molecule has 0 aliphatic carbocycles. The van der Waals surface area contributed by atoms with E-state index in [0.717, 1.165) is 31.3 Å². The van der Waals surface area contributed by atoms with Gasteiger partial charge in [-0.1, -0.05) is 12.1 Å². The van der Waals surface area contributed by atoms with E-state index in [1.54, 1.807) is 17.0 Å². The van der Waals surface area contributed by atoms with E-state index in [-0.39, 0.29) is 36.6 Å². The van der Waals surface area contributed by atoms with E-state index in [2.05, 4.69) is 26.7 Å². The third kappa shape index (κ3) is 5.47. The van der Waals surface area contributed by atoms with Crippen molar-refractivity contribution in [1.82, 2.24) is 15.3 Å². The number of alkyl halides is 3. The summed E-state index contributed by atoms with van der Waals surface area (Å²) in [6, 6.07) is 8.69. The number of benzene rings is 1. The molecule has 2 saturated heterocycles. The first kappa shape index (κ1) is 25.2. The van der Waals surface area contributed by atoms with E-state index in [9.17, 15) is 18.0 Å². The third-order valence-corrected chi connectivity index (χ3v) is 7.23. The Hall–Kier alpha value is -3.44. The standard InChI is InChI=1S/C26H30F3N7O/c27-26(28,29)18-11-19(30)14-36(13-18)23-5-8-33-12-22(23)35-25(37)24-20(31)9-17-2-1-16(10-21(17)34-24)15-3-6-32-7-4-15/h1-2,5,8-10,12,15,18-19,32H,3-4,6-7,11,13-14,30-31H2,(H,35,37)/t18-,19+/m1/s1. The third-order valence-electron chi connectivity index (χ3n) is 7.23. The lowest BCUT2D eigenvalue weighted by Gasteiger charge is -2.39. The van der Waals surface area contributed by atoms with Crippen molar-refractivity contribution in [3.05, 3.63) is 54.0 Å². The number of anilines is 3. The maximum atomic E-state index is 13.5. The van der Waals surface area contributed by atoms with Crippen LogP contribution in [0.1, 0.15) is 41.2 Å². The normalized spacial score (nSPS) is 21.2. The fourth-order valence-electron chi connectivity index (χ4n) is 5.30. The van der Waals surface area contributed by atoms with Gasteiger partial charge in [0.25, 0.3) is 5.91 Å². The second-order valence-corrected chi connectivity index (χ2v) is 9.89. The van der Waals surface area contributed by atoms with Gasteiger partial charge >= 0.3 is 6.18 Å². The Bertz CT molecular complexity index is 1290. The van der Waals surface area contributed by atoms with E-state index in [1.807, 2.05) is 12.1 Å². The topological polar surface area (TPSA) is 122 Å². The highest BCUT2D eigenvalue weighted by atomic mass is 19.4. The summed E-state index contributed by atoms with van der Waals surface area (Å²) in [5, 5.41) is 6.95. The van der Waals surface area contributed by atoms with Crippen LogP contribution in [0.2, 0.25) is 0 Å². The Morgan fingerprint density at radius 2 is 1.92 bits per heavy atom. The molecule has 0 radical (unpaired) electrons. The molecule has 2 aromatic heterocycles. The SMILES string of the molecule is Nc1cc2ccc(C3CCNCC3)cc2nc1C(=O)Nc1cnccc1N1C[C@@H](N)C[C@@H](C(F)(F)F)C1. The number of amides is 1. The molecule has 5 rings (SSSR count). The Morgan fingerprint density at radius 3 is 2.68 bits per heavy atom. The molecule has 11 heteroatoms. The average molecular weight is 514 g/mol. The molecule has 1 aromatic carbocycles. The lowest BCUT2D eigenvalue weighted by atomic mass is 9.89. The number of rotatable bonds is 4. The molecule has 2 fully saturated rings. The summed E-state index contributed by atoms with van der Waals surface area (Å²) in [5.74, 6) is -1.69. The second-order valence-electron chi connectivity index (χ2n) is 9.89. The Morgan fingerprint density at radius 1 is 1.14 bits per heavy atom. The largest absolute Gasteiger partial charge is 0.397 e. The summed E-state index contributed by atoms with van der Waals surface area (Å²) in [5.41, 5.74) is 14.9. The second kappa shape index (κ2) is 10.1. The lowest BCUT2D eigenvalue weighted by molar-refractivity contribution is -0.177. The van der Waals surface area contributed by atoms with Gasteiger partial charge in [0.05, 0.1) is 34.7 Å². The van der Waals surface area contributed by atoms with Crippen LogP contribution in [0.4, 0.5) is 30.2 Å². The van der Waals surface area contributed by atoms with Gasteiger partial charge in [0.2, 0.25) is 0 Å². The number of aromatic nitrogens is 2. The van der Waals surface area contributed by atoms with Crippen molar-refractivity contribution in [2.45, 2.75) is 37.4 Å². The maximum absolute atomic E-state index is 13.5. The molecule has 8 nitrogen and oxygen atoms in total. The molecule has 2 aliphatic rings. The van der Waals surface area contributed by atoms with E-state index < -0.39 is 24.0 Å². The summed E-state index contributed by atoms with van der Waals surface area (Å²) in [4.78, 5) is 23.5. The zero-order valence-corrected chi connectivity index (χ0v) is 20.3. The minimum Gasteiger partial charge on any atom is -0.397 e. The smallest absolute Gasteiger partial charge is 0.393 e. The predicted octanol–water partition coefficient (Wildman–Crippen LogP) is 3.65. The molecule has 0 saturated carbocycles. The molecule has 0 bridgehead atoms. The van der Waals surface area contributed by atoms with Gasteiger partial charge in [-0.05, 0) is 62.0 Å². The van der Waals surface area contributed by atoms with Gasteiger partial charge in [0, 0.05) is 30.7 Å². The number of nitrogens with one attached hydrogen (secondary N) is 2. The van der Waals surface area contributed by atoms with Crippen molar-refractivity contribution in [2.24, 2.45) is 11.7 Å². The quantitative estimate of drug-likeness (QED) is 0.420. The molecule has 4 heterocycles. The fraction of sp³-hybridized carbons (Fsp3) is 0.423. The van der Waals surface area contributed by atoms with Gasteiger partial charge in [0.1, 0.15) is 0 Å². The van der Waals surface area contributed by atoms with Crippen molar-refractivity contribution < 1.29 is 18.0 Å². The summed E-state index contributed by atoms with van der Waals surface area (Å²) in [6.45, 7) is 1.91. The van der Waals surface area contributed by atoms with Crippen molar-refractivity contribution >= 4 is 33.9 Å². The Balaban J connectivity index is 1.41. The molecule has 1 amide bonds. The van der Waals surface area contributed by atoms with Gasteiger partial charge in [-0.3, -0.25) is 9.78 Å². The number of pyridine rings is 2. The summed E-state index contributed by atoms with van der Waals surface area (Å²) >= 11 is 0. The zero-order chi connectivity index (χ0) is 26.2. The molecule has 2 atom stereocenters. The van der Waals surface area contributed by atoms with Crippen LogP contribution in [0, 0.1) is 5.92 Å². The number of fused-ring (bicyclic) bond motifs is 1. The highest BCUT2D eigenvalue weighted by Gasteiger charge is 2.44. The lowest BCUT2D eigenvalue weighted by Crippen LogP contribution is -2.51. The monoisotopic (exact) mass is 513 g/mol. The summed E-state index contributed by atoms with van der Waals surface area (Å²) < 4.78 is 40.4. The first-order valence-electron chi connectivity index (χ1n) is 12.4. The summed E-state index contributed by atoms with van der Waals surface area (Å²) in [6.07, 6.45) is 0.452. The molecular weight excluding hydrogens is 483 g/mol. The number of nitrogens with zero attached hydrogens (tertiary/aromatic N) is 3. The molecule has 6 N–H and O–H groups in total. The van der Waals surface area contributed by atoms with Crippen LogP contribution in [0.3, 0.4) is 0 Å². The number of nitrogen functional groups attached to an aromatic ring is 1. The van der Waals surface area contributed by atoms with Crippen LogP contribution in [0.5, 0.6) is 0 Å². The van der Waals surface area contributed by atoms with Crippen molar-refractivity contribution in [1.29, 1.82) is 0 Å². The highest BCUT2D eigenvalue weighted by Crippen LogP contribution is 2.36. The zero-order valence-electron chi connectivity index (χ0n) is 20.3. The number of carbonyl (C=O) groups is 1. The predicted molar refractivity (Wildman–Crippen MR) is 138 cm³/mol. The van der Waals surface area contributed by atoms with Crippen LogP contribution >= 0.6 is 0 Å². The number of piperidine rings is 2. The van der Waals surface area contributed by atoms with E-state index in [4.69, 9.17) is 11.5 Å².